The van der Waals surface area contributed by atoms with Gasteiger partial charge in [-0.25, -0.2) is 0 Å². The van der Waals surface area contributed by atoms with Crippen LogP contribution in [0.1, 0.15) is 7.43 Å². The SMILES string of the molecule is C.N.O.[U]. The van der Waals surface area contributed by atoms with E-state index < -0.39 is 0 Å². The minimum absolute atomic E-state index is 0. The Bertz CT molecular complexity index is 8.00. The molecule has 0 aliphatic rings. The van der Waals surface area contributed by atoms with Crippen LogP contribution in [0.15, 0.2) is 0 Å². The maximum absolute atomic E-state index is 0. The van der Waals surface area contributed by atoms with E-state index in [2.05, 4.69) is 0 Å². The molecule has 0 aliphatic carbocycles. The zero-order chi connectivity index (χ0) is 0. The molecule has 0 amide bonds. The Morgan fingerprint density at radius 2 is 1.00 bits per heavy atom. The quantitative estimate of drug-likeness (QED) is 0.669. The molecule has 5 N–H and O–H groups in total. The van der Waals surface area contributed by atoms with Crippen molar-refractivity contribution < 1.29 is 36.6 Å². The Morgan fingerprint density at radius 1 is 1.00 bits per heavy atom. The normalized spacial score (nSPS) is 0. The molecule has 0 rings (SSSR count). The molecule has 0 aromatic heterocycles. The molecule has 0 aromatic carbocycles. The van der Waals surface area contributed by atoms with Gasteiger partial charge < -0.3 is 11.6 Å². The van der Waals surface area contributed by atoms with Crippen LogP contribution in [-0.4, -0.2) is 5.48 Å². The molecule has 0 aromatic rings. The zero-order valence-electron chi connectivity index (χ0n) is 1.71. The van der Waals surface area contributed by atoms with E-state index in [1.54, 1.807) is 0 Å². The molecule has 0 bridgehead atoms. The molecule has 0 aliphatic heterocycles. The van der Waals surface area contributed by atoms with E-state index in [9.17, 15) is 0 Å². The first-order chi connectivity index (χ1) is 0. The second-order valence-electron chi connectivity index (χ2n) is 0. The van der Waals surface area contributed by atoms with Crippen molar-refractivity contribution in [1.82, 2.24) is 6.15 Å². The molecule has 3 heteroatoms. The maximum Gasteiger partial charge on any atom is 0 e. The fraction of sp³-hybridized carbons (Fsp3) is 1.00. The standard InChI is InChI=1S/CH4.H3N.H2O.U/h1H4;1H3;1H2;. The predicted molar refractivity (Wildman–Crippen MR) is 15.4 cm³/mol. The molecular formula is CH9NOU. The van der Waals surface area contributed by atoms with Crippen LogP contribution in [0.25, 0.3) is 0 Å². The summed E-state index contributed by atoms with van der Waals surface area (Å²) in [5.41, 5.74) is 0. The van der Waals surface area contributed by atoms with Crippen molar-refractivity contribution in [3.8, 4) is 0 Å². The monoisotopic (exact) mass is 289 g/mol. The molecule has 28 valence electrons. The second kappa shape index (κ2) is 37.1. The molecule has 4 heavy (non-hydrogen) atoms. The van der Waals surface area contributed by atoms with Crippen LogP contribution in [0.3, 0.4) is 0 Å². The number of hydrogen-bond donors (Lipinski definition) is 1. The first kappa shape index (κ1) is 83.0. The largest absolute Gasteiger partial charge is 0.412 e. The maximum atomic E-state index is 0. The van der Waals surface area contributed by atoms with Crippen LogP contribution in [0.4, 0.5) is 0 Å². The average molecular weight is 289 g/mol. The second-order valence-corrected chi connectivity index (χ2v) is 0. The van der Waals surface area contributed by atoms with Crippen LogP contribution in [0, 0.1) is 31.1 Å². The first-order valence-electron chi connectivity index (χ1n) is 0. The van der Waals surface area contributed by atoms with Crippen molar-refractivity contribution >= 4 is 0 Å². The van der Waals surface area contributed by atoms with Gasteiger partial charge in [-0.2, -0.15) is 0 Å². The fourth-order valence-corrected chi connectivity index (χ4v) is 0. The van der Waals surface area contributed by atoms with Crippen molar-refractivity contribution in [3.63, 3.8) is 0 Å². The average Bonchev–Trinajstić information content (AvgIpc) is 0. The van der Waals surface area contributed by atoms with E-state index in [-0.39, 0.29) is 50.2 Å². The Hall–Kier alpha value is 0.972. The molecule has 0 saturated heterocycles. The number of rotatable bonds is 0. The van der Waals surface area contributed by atoms with Crippen LogP contribution in [0.5, 0.6) is 0 Å². The summed E-state index contributed by atoms with van der Waals surface area (Å²) in [5.74, 6) is 0. The predicted octanol–water partition coefficient (Wildman–Crippen LogP) is -0.0266. The van der Waals surface area contributed by atoms with Crippen molar-refractivity contribution in [2.24, 2.45) is 0 Å². The summed E-state index contributed by atoms with van der Waals surface area (Å²) in [6.07, 6.45) is 0. The minimum atomic E-state index is 0. The minimum Gasteiger partial charge on any atom is -0.412 e. The Morgan fingerprint density at radius 3 is 1.00 bits per heavy atom. The van der Waals surface area contributed by atoms with Gasteiger partial charge in [-0.1, -0.05) is 7.43 Å². The summed E-state index contributed by atoms with van der Waals surface area (Å²) in [4.78, 5) is 0. The van der Waals surface area contributed by atoms with Crippen molar-refractivity contribution in [1.29, 1.82) is 0 Å². The smallest absolute Gasteiger partial charge is 0 e. The summed E-state index contributed by atoms with van der Waals surface area (Å²) in [6.45, 7) is 0. The molecule has 0 atom stereocenters. The molecule has 0 fully saturated rings. The molecule has 2 nitrogen and oxygen atoms in total. The van der Waals surface area contributed by atoms with Gasteiger partial charge in [0.1, 0.15) is 0 Å². The third-order valence-electron chi connectivity index (χ3n) is 0. The molecule has 0 radical (unpaired) electrons. The third-order valence-corrected chi connectivity index (χ3v) is 0. The molecular weight excluding hydrogens is 280 g/mol. The van der Waals surface area contributed by atoms with Gasteiger partial charge in [-0.15, -0.1) is 0 Å². The summed E-state index contributed by atoms with van der Waals surface area (Å²) in [5, 5.41) is 0. The van der Waals surface area contributed by atoms with E-state index in [1.807, 2.05) is 0 Å². The first-order valence-corrected chi connectivity index (χ1v) is 0. The van der Waals surface area contributed by atoms with Gasteiger partial charge >= 0.3 is 0 Å². The van der Waals surface area contributed by atoms with Crippen molar-refractivity contribution in [3.05, 3.63) is 0 Å². The fourth-order valence-electron chi connectivity index (χ4n) is 0. The van der Waals surface area contributed by atoms with Crippen LogP contribution in [-0.2, 0) is 0 Å². The van der Waals surface area contributed by atoms with E-state index in [0.717, 1.165) is 0 Å². The summed E-state index contributed by atoms with van der Waals surface area (Å²) < 4.78 is 0. The van der Waals surface area contributed by atoms with Crippen LogP contribution in [0.2, 0.25) is 0 Å². The Balaban J connectivity index is 0. The van der Waals surface area contributed by atoms with Gasteiger partial charge in [0.25, 0.3) is 0 Å². The van der Waals surface area contributed by atoms with E-state index >= 15 is 0 Å². The van der Waals surface area contributed by atoms with Gasteiger partial charge in [0.15, 0.2) is 0 Å². The Kier molecular flexibility index (Phi) is 771. The van der Waals surface area contributed by atoms with Gasteiger partial charge in [0.05, 0.1) is 0 Å². The molecule has 0 spiro atoms. The third kappa shape index (κ3) is 12.2. The summed E-state index contributed by atoms with van der Waals surface area (Å²) in [7, 11) is 0. The van der Waals surface area contributed by atoms with Crippen molar-refractivity contribution in [2.45, 2.75) is 7.43 Å². The topological polar surface area (TPSA) is 66.5 Å². The van der Waals surface area contributed by atoms with E-state index in [4.69, 9.17) is 0 Å². The molecule has 0 unspecified atom stereocenters. The summed E-state index contributed by atoms with van der Waals surface area (Å²) >= 11 is 0. The summed E-state index contributed by atoms with van der Waals surface area (Å²) in [6, 6.07) is 0. The van der Waals surface area contributed by atoms with Crippen LogP contribution < -0.4 is 6.15 Å². The molecule has 0 heterocycles. The molecule has 0 saturated carbocycles. The zero-order valence-corrected chi connectivity index (χ0v) is 5.87. The van der Waals surface area contributed by atoms with E-state index in [1.165, 1.54) is 0 Å². The van der Waals surface area contributed by atoms with Gasteiger partial charge in [0.2, 0.25) is 0 Å². The number of hydrogen-bond acceptors (Lipinski definition) is 1. The Labute approximate surface area is 50.2 Å². The van der Waals surface area contributed by atoms with Crippen molar-refractivity contribution in [2.75, 3.05) is 0 Å². The van der Waals surface area contributed by atoms with Crippen LogP contribution >= 0.6 is 0 Å². The van der Waals surface area contributed by atoms with Gasteiger partial charge in [-0.05, 0) is 0 Å². The van der Waals surface area contributed by atoms with Gasteiger partial charge in [-0.3, -0.25) is 0 Å². The van der Waals surface area contributed by atoms with E-state index in [0.29, 0.717) is 0 Å². The van der Waals surface area contributed by atoms with Gasteiger partial charge in [0, 0.05) is 31.1 Å².